The van der Waals surface area contributed by atoms with Gasteiger partial charge in [-0.3, -0.25) is 0 Å². The third kappa shape index (κ3) is 7.64. The van der Waals surface area contributed by atoms with E-state index in [2.05, 4.69) is 131 Å². The number of hydrogen-bond donors (Lipinski definition) is 0. The Kier molecular flexibility index (Phi) is 11.8. The summed E-state index contributed by atoms with van der Waals surface area (Å²) in [6, 6.07) is 53.6. The van der Waals surface area contributed by atoms with Crippen molar-refractivity contribution in [2.24, 2.45) is 0 Å². The fourth-order valence-electron chi connectivity index (χ4n) is 7.30. The maximum absolute atomic E-state index is 7.28. The average molecular weight is 884 g/mol. The van der Waals surface area contributed by atoms with Crippen molar-refractivity contribution in [3.8, 4) is 0 Å². The molecule has 6 atom stereocenters. The molecule has 0 aromatic heterocycles. The molecule has 5 aromatic carbocycles. The molecule has 50 heavy (non-hydrogen) atoms. The van der Waals surface area contributed by atoms with Crippen LogP contribution in [0, 0.1) is 0 Å². The topological polar surface area (TPSA) is 55.4 Å². The standard InChI is InChI=1S/C16H20O6.4C6H5.2CH3.2Sn/c1-17-13-12-11(21-16(19-3)14(13)18-2)9-20-15(22-12)10-7-5-4-6-8-10;4*1-2-4-6-5-3-1;;;;/h4-8,11-16H,1-2,9H2,3H3;4*1-5H;2*1H3;;/t11-,12-,13+,14-,15?,16+;;;;;;;;/m1......../s1. The molecule has 2 saturated heterocycles. The van der Waals surface area contributed by atoms with Crippen molar-refractivity contribution < 1.29 is 28.4 Å². The molecular formula is C42H46O6Sn2. The molecule has 0 saturated carbocycles. The van der Waals surface area contributed by atoms with Crippen LogP contribution in [0.3, 0.4) is 0 Å². The Balaban J connectivity index is 1.25. The van der Waals surface area contributed by atoms with Crippen molar-refractivity contribution >= 4 is 51.1 Å². The minimum atomic E-state index is -3.37. The van der Waals surface area contributed by atoms with Crippen LogP contribution in [0.25, 0.3) is 0 Å². The Morgan fingerprint density at radius 3 is 1.36 bits per heavy atom. The number of ether oxygens (including phenoxy) is 6. The number of rotatable bonds is 12. The first-order valence-electron chi connectivity index (χ1n) is 17.5. The molecule has 0 bridgehead atoms. The van der Waals surface area contributed by atoms with Crippen LogP contribution in [-0.4, -0.2) is 90.4 Å². The molecule has 6 nitrogen and oxygen atoms in total. The van der Waals surface area contributed by atoms with Gasteiger partial charge in [0.25, 0.3) is 0 Å². The zero-order valence-electron chi connectivity index (χ0n) is 29.0. The summed E-state index contributed by atoms with van der Waals surface area (Å²) in [5.74, 6) is 0. The third-order valence-corrected chi connectivity index (χ3v) is 33.0. The van der Waals surface area contributed by atoms with Crippen LogP contribution in [0.4, 0.5) is 0 Å². The SMILES string of the molecule is CO[C@H]1O[C@@H]2COC(c3ccccc3)O[C@H]2[C@H](O[CH2][Sn]([CH3])([c]2ccccc2)[c]2ccccc2)[C@H]1O[CH2][Sn]([CH3])([c]1ccccc1)[c]1ccccc1. The first-order chi connectivity index (χ1) is 24.5. The van der Waals surface area contributed by atoms with E-state index in [-0.39, 0.29) is 6.10 Å². The monoisotopic (exact) mass is 886 g/mol. The minimum absolute atomic E-state index is 0.361. The summed E-state index contributed by atoms with van der Waals surface area (Å²) in [6.45, 7) is 0.361. The summed E-state index contributed by atoms with van der Waals surface area (Å²) >= 11 is -6.73. The van der Waals surface area contributed by atoms with Gasteiger partial charge in [0.15, 0.2) is 0 Å². The van der Waals surface area contributed by atoms with Crippen molar-refractivity contribution in [3.63, 3.8) is 0 Å². The van der Waals surface area contributed by atoms with E-state index in [1.807, 2.05) is 30.3 Å². The van der Waals surface area contributed by atoms with Gasteiger partial charge in [-0.05, 0) is 0 Å². The Morgan fingerprint density at radius 1 is 0.540 bits per heavy atom. The van der Waals surface area contributed by atoms with Crippen molar-refractivity contribution in [3.05, 3.63) is 157 Å². The molecule has 0 aliphatic carbocycles. The van der Waals surface area contributed by atoms with E-state index in [1.54, 1.807) is 7.11 Å². The van der Waals surface area contributed by atoms with Gasteiger partial charge in [0.05, 0.1) is 0 Å². The maximum atomic E-state index is 7.28. The second kappa shape index (κ2) is 16.4. The molecule has 0 N–H and O–H groups in total. The second-order valence-electron chi connectivity index (χ2n) is 13.6. The number of hydrogen-bond acceptors (Lipinski definition) is 6. The molecule has 2 aliphatic rings. The molecular weight excluding hydrogens is 838 g/mol. The molecule has 5 aromatic rings. The summed E-state index contributed by atoms with van der Waals surface area (Å²) < 4.78 is 46.9. The fraction of sp³-hybridized carbons (Fsp3) is 0.286. The van der Waals surface area contributed by atoms with Crippen LogP contribution < -0.4 is 14.3 Å². The zero-order valence-corrected chi connectivity index (χ0v) is 34.7. The van der Waals surface area contributed by atoms with Gasteiger partial charge < -0.3 is 0 Å². The van der Waals surface area contributed by atoms with Crippen molar-refractivity contribution in [2.75, 3.05) is 23.0 Å². The van der Waals surface area contributed by atoms with Crippen LogP contribution >= 0.6 is 0 Å². The first-order valence-corrected chi connectivity index (χ1v) is 32.9. The van der Waals surface area contributed by atoms with Crippen LogP contribution in [0.2, 0.25) is 9.88 Å². The molecule has 2 fully saturated rings. The predicted molar refractivity (Wildman–Crippen MR) is 203 cm³/mol. The summed E-state index contributed by atoms with van der Waals surface area (Å²) in [5.41, 5.74) is 0.963. The van der Waals surface area contributed by atoms with E-state index in [0.29, 0.717) is 15.9 Å². The third-order valence-electron chi connectivity index (χ3n) is 10.4. The number of methoxy groups -OCH3 is 1. The quantitative estimate of drug-likeness (QED) is 0.163. The van der Waals surface area contributed by atoms with E-state index in [0.717, 1.165) is 5.56 Å². The van der Waals surface area contributed by atoms with Gasteiger partial charge in [-0.25, -0.2) is 0 Å². The van der Waals surface area contributed by atoms with Gasteiger partial charge in [-0.15, -0.1) is 0 Å². The summed E-state index contributed by atoms with van der Waals surface area (Å²) in [6.07, 6.45) is -2.98. The van der Waals surface area contributed by atoms with Crippen LogP contribution in [0.1, 0.15) is 11.9 Å². The zero-order chi connectivity index (χ0) is 34.4. The fourth-order valence-corrected chi connectivity index (χ4v) is 24.7. The molecule has 2 aliphatic heterocycles. The molecule has 7 rings (SSSR count). The summed E-state index contributed by atoms with van der Waals surface area (Å²) in [5, 5.41) is 0. The van der Waals surface area contributed by atoms with Gasteiger partial charge in [-0.2, -0.15) is 0 Å². The van der Waals surface area contributed by atoms with Crippen LogP contribution in [-0.2, 0) is 28.4 Å². The number of benzene rings is 5. The molecule has 0 spiro atoms. The van der Waals surface area contributed by atoms with Crippen molar-refractivity contribution in [1.29, 1.82) is 0 Å². The molecule has 1 unspecified atom stereocenters. The molecule has 0 radical (unpaired) electrons. The van der Waals surface area contributed by atoms with Crippen LogP contribution in [0.5, 0.6) is 0 Å². The van der Waals surface area contributed by atoms with Gasteiger partial charge in [-0.1, -0.05) is 0 Å². The molecule has 8 heteroatoms. The molecule has 2 heterocycles. The Bertz CT molecular complexity index is 1680. The van der Waals surface area contributed by atoms with E-state index < -0.39 is 67.6 Å². The normalized spacial score (nSPS) is 24.0. The van der Waals surface area contributed by atoms with E-state index in [4.69, 9.17) is 28.4 Å². The first kappa shape index (κ1) is 35.8. The van der Waals surface area contributed by atoms with E-state index in [1.165, 1.54) is 14.3 Å². The number of fused-ring (bicyclic) bond motifs is 1. The van der Waals surface area contributed by atoms with Crippen LogP contribution in [0.15, 0.2) is 152 Å². The van der Waals surface area contributed by atoms with E-state index in [9.17, 15) is 0 Å². The van der Waals surface area contributed by atoms with Crippen molar-refractivity contribution in [1.82, 2.24) is 0 Å². The van der Waals surface area contributed by atoms with Crippen molar-refractivity contribution in [2.45, 2.75) is 46.9 Å². The van der Waals surface area contributed by atoms with Gasteiger partial charge in [0.1, 0.15) is 0 Å². The molecule has 258 valence electrons. The summed E-state index contributed by atoms with van der Waals surface area (Å²) in [4.78, 5) is 4.90. The average Bonchev–Trinajstić information content (AvgIpc) is 3.20. The Labute approximate surface area is 304 Å². The Hall–Kier alpha value is -2.54. The summed E-state index contributed by atoms with van der Waals surface area (Å²) in [7, 11) is 1.68. The van der Waals surface area contributed by atoms with Gasteiger partial charge in [0.2, 0.25) is 0 Å². The van der Waals surface area contributed by atoms with Gasteiger partial charge >= 0.3 is 307 Å². The Morgan fingerprint density at radius 2 is 0.940 bits per heavy atom. The second-order valence-corrected chi connectivity index (χ2v) is 37.1. The predicted octanol–water partition coefficient (Wildman–Crippen LogP) is 5.11. The van der Waals surface area contributed by atoms with Gasteiger partial charge in [0, 0.05) is 0 Å². The van der Waals surface area contributed by atoms with E-state index >= 15 is 0 Å². The molecule has 0 amide bonds.